The van der Waals surface area contributed by atoms with Gasteiger partial charge in [-0.25, -0.2) is 4.79 Å². The van der Waals surface area contributed by atoms with Gasteiger partial charge in [0.15, 0.2) is 0 Å². The molecule has 0 radical (unpaired) electrons. The summed E-state index contributed by atoms with van der Waals surface area (Å²) in [4.78, 5) is 11.5. The quantitative estimate of drug-likeness (QED) is 0.608. The molecule has 114 valence electrons. The number of hydrogen-bond acceptors (Lipinski definition) is 3. The van der Waals surface area contributed by atoms with Gasteiger partial charge >= 0.3 is 5.97 Å². The lowest BCUT2D eigenvalue weighted by Gasteiger charge is -2.07. The molecule has 0 amide bonds. The fourth-order valence-corrected chi connectivity index (χ4v) is 2.17. The maximum Gasteiger partial charge on any atom is 0.331 e. The zero-order valence-electron chi connectivity index (χ0n) is 13.1. The minimum Gasteiger partial charge on any atom is -0.497 e. The summed E-state index contributed by atoms with van der Waals surface area (Å²) in [5.74, 6) is 0.525. The van der Waals surface area contributed by atoms with Crippen LogP contribution in [0.2, 0.25) is 0 Å². The van der Waals surface area contributed by atoms with Crippen molar-refractivity contribution in [2.45, 2.75) is 13.8 Å². The third-order valence-corrected chi connectivity index (χ3v) is 3.36. The van der Waals surface area contributed by atoms with Crippen molar-refractivity contribution in [1.29, 1.82) is 0 Å². The number of hydrogen-bond donors (Lipinski definition) is 0. The Morgan fingerprint density at radius 2 is 1.82 bits per heavy atom. The molecular weight excluding hydrogens is 276 g/mol. The van der Waals surface area contributed by atoms with Gasteiger partial charge in [-0.1, -0.05) is 36.4 Å². The topological polar surface area (TPSA) is 35.5 Å². The van der Waals surface area contributed by atoms with Gasteiger partial charge in [0.05, 0.1) is 13.7 Å². The summed E-state index contributed by atoms with van der Waals surface area (Å²) >= 11 is 0. The number of rotatable bonds is 5. The molecule has 0 N–H and O–H groups in total. The normalized spacial score (nSPS) is 11.1. The van der Waals surface area contributed by atoms with E-state index < -0.39 is 0 Å². The van der Waals surface area contributed by atoms with E-state index in [0.717, 1.165) is 28.0 Å². The Labute approximate surface area is 131 Å². The average molecular weight is 296 g/mol. The van der Waals surface area contributed by atoms with Crippen molar-refractivity contribution < 1.29 is 14.3 Å². The second kappa shape index (κ2) is 7.46. The summed E-state index contributed by atoms with van der Waals surface area (Å²) in [6.45, 7) is 4.08. The van der Waals surface area contributed by atoms with Gasteiger partial charge in [0, 0.05) is 6.08 Å². The Morgan fingerprint density at radius 3 is 2.45 bits per heavy atom. The van der Waals surface area contributed by atoms with Gasteiger partial charge in [-0.05, 0) is 48.2 Å². The second-order valence-electron chi connectivity index (χ2n) is 4.89. The van der Waals surface area contributed by atoms with E-state index in [-0.39, 0.29) is 5.97 Å². The number of carbonyl (C=O) groups excluding carboxylic acids is 1. The van der Waals surface area contributed by atoms with Crippen molar-refractivity contribution >= 4 is 11.5 Å². The molecule has 3 nitrogen and oxygen atoms in total. The number of methoxy groups -OCH3 is 1. The maximum absolute atomic E-state index is 11.5. The van der Waals surface area contributed by atoms with Crippen molar-refractivity contribution in [3.8, 4) is 16.9 Å². The van der Waals surface area contributed by atoms with Gasteiger partial charge < -0.3 is 9.47 Å². The predicted molar refractivity (Wildman–Crippen MR) is 88.7 cm³/mol. The lowest BCUT2D eigenvalue weighted by molar-refractivity contribution is -0.137. The van der Waals surface area contributed by atoms with Crippen LogP contribution >= 0.6 is 0 Å². The van der Waals surface area contributed by atoms with Crippen LogP contribution in [-0.4, -0.2) is 19.7 Å². The van der Waals surface area contributed by atoms with E-state index in [2.05, 4.69) is 0 Å². The molecule has 0 saturated carbocycles. The highest BCUT2D eigenvalue weighted by Crippen LogP contribution is 2.25. The first-order valence-corrected chi connectivity index (χ1v) is 7.24. The molecule has 0 atom stereocenters. The highest BCUT2D eigenvalue weighted by Gasteiger charge is 2.03. The largest absolute Gasteiger partial charge is 0.497 e. The first kappa shape index (κ1) is 15.8. The third kappa shape index (κ3) is 3.98. The molecule has 0 fully saturated rings. The number of esters is 1. The van der Waals surface area contributed by atoms with E-state index >= 15 is 0 Å². The standard InChI is InChI=1S/C19H20O3/c1-4-22-19(20)12-14(2)15-8-10-16(11-9-15)17-6-5-7-18(13-17)21-3/h5-13H,4H2,1-3H3/b14-12+. The number of allylic oxidation sites excluding steroid dienone is 1. The number of carbonyl (C=O) groups is 1. The Hall–Kier alpha value is -2.55. The Kier molecular flexibility index (Phi) is 5.37. The van der Waals surface area contributed by atoms with Crippen LogP contribution < -0.4 is 4.74 Å². The van der Waals surface area contributed by atoms with Crippen LogP contribution in [0.15, 0.2) is 54.6 Å². The third-order valence-electron chi connectivity index (χ3n) is 3.36. The lowest BCUT2D eigenvalue weighted by Crippen LogP contribution is -2.00. The number of ether oxygens (including phenoxy) is 2. The Bertz CT molecular complexity index is 669. The first-order chi connectivity index (χ1) is 10.6. The van der Waals surface area contributed by atoms with Crippen LogP contribution in [0.3, 0.4) is 0 Å². The molecule has 3 heteroatoms. The molecular formula is C19H20O3. The van der Waals surface area contributed by atoms with Crippen LogP contribution in [-0.2, 0) is 9.53 Å². The molecule has 0 saturated heterocycles. The smallest absolute Gasteiger partial charge is 0.331 e. The fraction of sp³-hybridized carbons (Fsp3) is 0.211. The van der Waals surface area contributed by atoms with E-state index in [1.165, 1.54) is 6.08 Å². The summed E-state index contributed by atoms with van der Waals surface area (Å²) in [5.41, 5.74) is 4.08. The summed E-state index contributed by atoms with van der Waals surface area (Å²) in [6.07, 6.45) is 1.52. The molecule has 2 aromatic carbocycles. The summed E-state index contributed by atoms with van der Waals surface area (Å²) < 4.78 is 10.2. The van der Waals surface area contributed by atoms with E-state index in [9.17, 15) is 4.79 Å². The molecule has 0 bridgehead atoms. The van der Waals surface area contributed by atoms with Crippen LogP contribution in [0.5, 0.6) is 5.75 Å². The first-order valence-electron chi connectivity index (χ1n) is 7.24. The van der Waals surface area contributed by atoms with Crippen molar-refractivity contribution in [2.75, 3.05) is 13.7 Å². The fourth-order valence-electron chi connectivity index (χ4n) is 2.17. The minimum absolute atomic E-state index is 0.308. The van der Waals surface area contributed by atoms with E-state index in [1.807, 2.05) is 55.5 Å². The maximum atomic E-state index is 11.5. The molecule has 0 aliphatic rings. The van der Waals surface area contributed by atoms with Crippen LogP contribution in [0.25, 0.3) is 16.7 Å². The molecule has 2 rings (SSSR count). The number of benzene rings is 2. The molecule has 0 aliphatic carbocycles. The predicted octanol–water partition coefficient (Wildman–Crippen LogP) is 4.33. The monoisotopic (exact) mass is 296 g/mol. The molecule has 2 aromatic rings. The molecule has 22 heavy (non-hydrogen) atoms. The van der Waals surface area contributed by atoms with Gasteiger partial charge in [0.2, 0.25) is 0 Å². The van der Waals surface area contributed by atoms with Gasteiger partial charge in [0.1, 0.15) is 5.75 Å². The average Bonchev–Trinajstić information content (AvgIpc) is 2.55. The van der Waals surface area contributed by atoms with Gasteiger partial charge in [0.25, 0.3) is 0 Å². The zero-order chi connectivity index (χ0) is 15.9. The Balaban J connectivity index is 2.21. The molecule has 0 aromatic heterocycles. The Morgan fingerprint density at radius 1 is 1.09 bits per heavy atom. The van der Waals surface area contributed by atoms with Gasteiger partial charge in [-0.15, -0.1) is 0 Å². The van der Waals surface area contributed by atoms with Crippen molar-refractivity contribution in [1.82, 2.24) is 0 Å². The second-order valence-corrected chi connectivity index (χ2v) is 4.89. The highest BCUT2D eigenvalue weighted by molar-refractivity contribution is 5.91. The summed E-state index contributed by atoms with van der Waals surface area (Å²) in [6, 6.07) is 16.0. The van der Waals surface area contributed by atoms with Gasteiger partial charge in [-0.2, -0.15) is 0 Å². The molecule has 0 heterocycles. The van der Waals surface area contributed by atoms with E-state index in [1.54, 1.807) is 14.0 Å². The highest BCUT2D eigenvalue weighted by atomic mass is 16.5. The van der Waals surface area contributed by atoms with E-state index in [0.29, 0.717) is 6.61 Å². The van der Waals surface area contributed by atoms with Crippen molar-refractivity contribution in [3.63, 3.8) is 0 Å². The lowest BCUT2D eigenvalue weighted by atomic mass is 10.0. The summed E-state index contributed by atoms with van der Waals surface area (Å²) in [7, 11) is 1.66. The molecule has 0 aliphatic heterocycles. The van der Waals surface area contributed by atoms with Crippen LogP contribution in [0, 0.1) is 0 Å². The minimum atomic E-state index is -0.308. The zero-order valence-corrected chi connectivity index (χ0v) is 13.1. The van der Waals surface area contributed by atoms with Gasteiger partial charge in [-0.3, -0.25) is 0 Å². The van der Waals surface area contributed by atoms with Crippen LogP contribution in [0.4, 0.5) is 0 Å². The van der Waals surface area contributed by atoms with Crippen molar-refractivity contribution in [3.05, 3.63) is 60.2 Å². The molecule has 0 unspecified atom stereocenters. The van der Waals surface area contributed by atoms with Crippen LogP contribution in [0.1, 0.15) is 19.4 Å². The van der Waals surface area contributed by atoms with Crippen molar-refractivity contribution in [2.24, 2.45) is 0 Å². The molecule has 0 spiro atoms. The summed E-state index contributed by atoms with van der Waals surface area (Å²) in [5, 5.41) is 0. The van der Waals surface area contributed by atoms with E-state index in [4.69, 9.17) is 9.47 Å². The SMILES string of the molecule is CCOC(=O)/C=C(\C)c1ccc(-c2cccc(OC)c2)cc1.